The number of nitrogens with one attached hydrogen (secondary N) is 1. The second kappa shape index (κ2) is 13.8. The summed E-state index contributed by atoms with van der Waals surface area (Å²) in [5.41, 5.74) is 6.12. The van der Waals surface area contributed by atoms with Crippen molar-refractivity contribution in [2.45, 2.75) is 31.4 Å². The summed E-state index contributed by atoms with van der Waals surface area (Å²) >= 11 is 14.3. The molecule has 2 fully saturated rings. The maximum atomic E-state index is 12.8. The highest BCUT2D eigenvalue weighted by molar-refractivity contribution is 6.39. The third-order valence-electron chi connectivity index (χ3n) is 10.1. The molecule has 2 atom stereocenters. The van der Waals surface area contributed by atoms with Crippen molar-refractivity contribution in [3.63, 3.8) is 0 Å². The summed E-state index contributed by atoms with van der Waals surface area (Å²) in [4.78, 5) is 43.0. The van der Waals surface area contributed by atoms with Crippen LogP contribution < -0.4 is 24.6 Å². The summed E-state index contributed by atoms with van der Waals surface area (Å²) < 4.78 is 11.7. The molecule has 0 bridgehead atoms. The highest BCUT2D eigenvalue weighted by atomic mass is 35.5. The van der Waals surface area contributed by atoms with Crippen LogP contribution in [0, 0.1) is 0 Å². The number of carbonyl (C=O) groups is 3. The van der Waals surface area contributed by atoms with Gasteiger partial charge in [0.2, 0.25) is 5.91 Å². The van der Waals surface area contributed by atoms with Crippen LogP contribution >= 0.6 is 23.2 Å². The van der Waals surface area contributed by atoms with Gasteiger partial charge < -0.3 is 29.7 Å². The van der Waals surface area contributed by atoms with Crippen LogP contribution in [-0.4, -0.2) is 85.8 Å². The predicted molar refractivity (Wildman–Crippen MR) is 197 cm³/mol. The number of rotatable bonds is 8. The van der Waals surface area contributed by atoms with E-state index in [1.807, 2.05) is 72.8 Å². The van der Waals surface area contributed by atoms with Crippen LogP contribution in [0.4, 0.5) is 11.4 Å². The molecule has 51 heavy (non-hydrogen) atoms. The van der Waals surface area contributed by atoms with Gasteiger partial charge in [0, 0.05) is 67.4 Å². The quantitative estimate of drug-likeness (QED) is 0.237. The molecule has 0 saturated carbocycles. The zero-order valence-corrected chi connectivity index (χ0v) is 29.3. The fourth-order valence-corrected chi connectivity index (χ4v) is 8.08. The summed E-state index contributed by atoms with van der Waals surface area (Å²) in [7, 11) is 0. The molecule has 4 aliphatic rings. The lowest BCUT2D eigenvalue weighted by Crippen LogP contribution is -2.46. The second-order valence-electron chi connectivity index (χ2n) is 13.4. The van der Waals surface area contributed by atoms with Crippen molar-refractivity contribution < 1.29 is 29.0 Å². The summed E-state index contributed by atoms with van der Waals surface area (Å²) in [5.74, 6) is 0.936. The Hall–Kier alpha value is -4.61. The molecule has 8 rings (SSSR count). The maximum Gasteiger partial charge on any atom is 0.265 e. The number of hydrogen-bond acceptors (Lipinski definition) is 7. The molecule has 0 radical (unpaired) electrons. The van der Waals surface area contributed by atoms with Crippen LogP contribution in [0.15, 0.2) is 72.8 Å². The van der Waals surface area contributed by atoms with Crippen molar-refractivity contribution in [3.8, 4) is 44.9 Å². The number of β-amino-alcohol motifs (C(OH)–C–C–N with tert-alkyl or cyclic N) is 1. The Kier molecular flexibility index (Phi) is 9.10. The Bertz CT molecular complexity index is 2060. The third-order valence-corrected chi connectivity index (χ3v) is 10.9. The first-order chi connectivity index (χ1) is 24.7. The smallest absolute Gasteiger partial charge is 0.265 e. The lowest BCUT2D eigenvalue weighted by Gasteiger charge is -2.31. The lowest BCUT2D eigenvalue weighted by molar-refractivity contribution is -0.122. The fourth-order valence-electron chi connectivity index (χ4n) is 7.41. The number of aliphatic hydroxyl groups excluding tert-OH is 1. The lowest BCUT2D eigenvalue weighted by atomic mass is 9.95. The van der Waals surface area contributed by atoms with Crippen molar-refractivity contribution in [3.05, 3.63) is 82.8 Å². The molecule has 0 spiro atoms. The van der Waals surface area contributed by atoms with Gasteiger partial charge in [0.1, 0.15) is 11.5 Å². The molecule has 4 heterocycles. The molecular formula is C39H36Cl2N4O6. The molecule has 2 N–H and O–H groups in total. The zero-order chi connectivity index (χ0) is 35.2. The standard InChI is InChI=1S/C39H36Cl2N4O6/c40-38-27(23-7-10-31-33(17-23)50-21-36(48)44(31)16-15-43-14-13-26(46)20-43)3-1-5-29(38)30-6-2-4-28(39(30)41)24-8-11-32-34(18-24)51-22-37(49)45(32)19-25-9-12-35(47)42-25/h1-8,10-11,17-18,25-26,46H,9,12-16,19-22H2,(H,42,47)/t25-,26-/m0/s1. The normalized spacial score (nSPS) is 20.2. The Labute approximate surface area is 305 Å². The number of anilines is 2. The van der Waals surface area contributed by atoms with Gasteiger partial charge >= 0.3 is 0 Å². The minimum atomic E-state index is -0.310. The minimum absolute atomic E-state index is 0.00384. The van der Waals surface area contributed by atoms with Gasteiger partial charge in [-0.15, -0.1) is 0 Å². The van der Waals surface area contributed by atoms with E-state index >= 15 is 0 Å². The molecule has 3 amide bonds. The topological polar surface area (TPSA) is 112 Å². The summed E-state index contributed by atoms with van der Waals surface area (Å²) in [5, 5.41) is 13.9. The average Bonchev–Trinajstić information content (AvgIpc) is 3.75. The Morgan fingerprint density at radius 1 is 0.725 bits per heavy atom. The van der Waals surface area contributed by atoms with E-state index in [-0.39, 0.29) is 43.1 Å². The molecule has 0 aromatic heterocycles. The van der Waals surface area contributed by atoms with Crippen molar-refractivity contribution in [2.24, 2.45) is 0 Å². The first kappa shape index (κ1) is 33.5. The molecule has 2 saturated heterocycles. The molecule has 4 aromatic carbocycles. The van der Waals surface area contributed by atoms with Crippen molar-refractivity contribution in [1.29, 1.82) is 0 Å². The van der Waals surface area contributed by atoms with Crippen LogP contribution in [-0.2, 0) is 14.4 Å². The number of nitrogens with zero attached hydrogens (tertiary/aromatic N) is 3. The van der Waals surface area contributed by atoms with Crippen LogP contribution in [0.2, 0.25) is 10.0 Å². The van der Waals surface area contributed by atoms with Crippen LogP contribution in [0.1, 0.15) is 19.3 Å². The molecule has 0 unspecified atom stereocenters. The zero-order valence-electron chi connectivity index (χ0n) is 27.7. The number of ether oxygens (including phenoxy) is 2. The summed E-state index contributed by atoms with van der Waals surface area (Å²) in [6, 6.07) is 22.9. The summed E-state index contributed by atoms with van der Waals surface area (Å²) in [6.07, 6.45) is 1.60. The van der Waals surface area contributed by atoms with E-state index in [2.05, 4.69) is 10.2 Å². The van der Waals surface area contributed by atoms with E-state index in [9.17, 15) is 19.5 Å². The third kappa shape index (κ3) is 6.53. The molecule has 12 heteroatoms. The number of fused-ring (bicyclic) bond motifs is 2. The van der Waals surface area contributed by atoms with Gasteiger partial charge in [0.15, 0.2) is 13.2 Å². The maximum absolute atomic E-state index is 12.8. The Balaban J connectivity index is 1.06. The summed E-state index contributed by atoms with van der Waals surface area (Å²) in [6.45, 7) is 2.89. The van der Waals surface area contributed by atoms with Gasteiger partial charge in [-0.05, 0) is 48.2 Å². The van der Waals surface area contributed by atoms with Crippen LogP contribution in [0.25, 0.3) is 33.4 Å². The number of carbonyl (C=O) groups excluding carboxylic acids is 3. The number of halogens is 2. The van der Waals surface area contributed by atoms with E-state index in [0.29, 0.717) is 71.9 Å². The van der Waals surface area contributed by atoms with Gasteiger partial charge in [-0.2, -0.15) is 0 Å². The highest BCUT2D eigenvalue weighted by Crippen LogP contribution is 2.45. The van der Waals surface area contributed by atoms with Gasteiger partial charge in [0.25, 0.3) is 11.8 Å². The predicted octanol–water partition coefficient (Wildman–Crippen LogP) is 5.79. The number of hydrogen-bond donors (Lipinski definition) is 2. The van der Waals surface area contributed by atoms with E-state index in [1.165, 1.54) is 0 Å². The first-order valence-electron chi connectivity index (χ1n) is 17.2. The van der Waals surface area contributed by atoms with Crippen LogP contribution in [0.5, 0.6) is 11.5 Å². The van der Waals surface area contributed by atoms with Crippen molar-refractivity contribution in [1.82, 2.24) is 10.2 Å². The van der Waals surface area contributed by atoms with Gasteiger partial charge in [-0.25, -0.2) is 0 Å². The van der Waals surface area contributed by atoms with Crippen LogP contribution in [0.3, 0.4) is 0 Å². The number of likely N-dealkylation sites (tertiary alicyclic amines) is 1. The molecule has 4 aliphatic heterocycles. The Morgan fingerprint density at radius 2 is 1.29 bits per heavy atom. The molecule has 10 nitrogen and oxygen atoms in total. The molecular weight excluding hydrogens is 691 g/mol. The highest BCUT2D eigenvalue weighted by Gasteiger charge is 2.32. The second-order valence-corrected chi connectivity index (χ2v) is 14.1. The largest absolute Gasteiger partial charge is 0.482 e. The first-order valence-corrected chi connectivity index (χ1v) is 17.9. The van der Waals surface area contributed by atoms with E-state index in [1.54, 1.807) is 9.80 Å². The molecule has 262 valence electrons. The minimum Gasteiger partial charge on any atom is -0.482 e. The number of benzene rings is 4. The SMILES string of the molecule is O=C1CC[C@@H](CN2C(=O)COc3cc(-c4cccc(-c5cccc(-c6ccc7c(c6)OCC(=O)N7CCN6CC[C@H](O)C6)c5Cl)c4Cl)ccc32)N1. The molecule has 4 aromatic rings. The average molecular weight is 728 g/mol. The Morgan fingerprint density at radius 3 is 1.84 bits per heavy atom. The van der Waals surface area contributed by atoms with Gasteiger partial charge in [0.05, 0.1) is 27.5 Å². The van der Waals surface area contributed by atoms with Crippen molar-refractivity contribution in [2.75, 3.05) is 55.7 Å². The van der Waals surface area contributed by atoms with E-state index < -0.39 is 0 Å². The van der Waals surface area contributed by atoms with E-state index in [4.69, 9.17) is 32.7 Å². The van der Waals surface area contributed by atoms with Crippen molar-refractivity contribution >= 4 is 52.3 Å². The van der Waals surface area contributed by atoms with Gasteiger partial charge in [-0.1, -0.05) is 71.7 Å². The van der Waals surface area contributed by atoms with Gasteiger partial charge in [-0.3, -0.25) is 19.3 Å². The number of aliphatic hydroxyl groups is 1. The number of amides is 3. The monoisotopic (exact) mass is 726 g/mol. The molecule has 0 aliphatic carbocycles. The fraction of sp³-hybridized carbons (Fsp3) is 0.308. The van der Waals surface area contributed by atoms with E-state index in [0.717, 1.165) is 46.3 Å².